The number of nitrogens with two attached hydrogens (primary N) is 1. The number of hydrogen-bond acceptors (Lipinski definition) is 6. The van der Waals surface area contributed by atoms with E-state index in [0.717, 1.165) is 5.69 Å². The van der Waals surface area contributed by atoms with Gasteiger partial charge in [-0.2, -0.15) is 5.10 Å². The molecule has 2 aromatic heterocycles. The molecular formula is C7H8N6S. The van der Waals surface area contributed by atoms with Gasteiger partial charge in [-0.25, -0.2) is 15.0 Å². The van der Waals surface area contributed by atoms with Gasteiger partial charge in [-0.1, -0.05) is 0 Å². The van der Waals surface area contributed by atoms with E-state index in [0.29, 0.717) is 16.9 Å². The Bertz CT molecular complexity index is 400. The molecule has 0 saturated heterocycles. The molecule has 2 aromatic rings. The van der Waals surface area contributed by atoms with Crippen molar-refractivity contribution in [2.24, 2.45) is 5.73 Å². The maximum absolute atomic E-state index is 5.46. The van der Waals surface area contributed by atoms with Gasteiger partial charge in [0.25, 0.3) is 0 Å². The van der Waals surface area contributed by atoms with Crippen molar-refractivity contribution in [2.45, 2.75) is 16.9 Å². The molecule has 3 N–H and O–H groups in total. The number of hydrogen-bond donors (Lipinski definition) is 2. The maximum atomic E-state index is 5.46. The summed E-state index contributed by atoms with van der Waals surface area (Å²) in [7, 11) is 0. The van der Waals surface area contributed by atoms with Gasteiger partial charge < -0.3 is 5.73 Å². The molecule has 0 amide bonds. The summed E-state index contributed by atoms with van der Waals surface area (Å²) in [6.07, 6.45) is 3.11. The molecule has 0 aromatic carbocycles. The number of H-pyrrole nitrogens is 1. The molecule has 6 nitrogen and oxygen atoms in total. The van der Waals surface area contributed by atoms with E-state index in [4.69, 9.17) is 5.73 Å². The number of aromatic nitrogens is 5. The molecule has 0 atom stereocenters. The van der Waals surface area contributed by atoms with Crippen LogP contribution in [0.5, 0.6) is 0 Å². The van der Waals surface area contributed by atoms with Gasteiger partial charge in [0, 0.05) is 12.7 Å². The van der Waals surface area contributed by atoms with Gasteiger partial charge in [0.2, 0.25) is 0 Å². The Morgan fingerprint density at radius 3 is 3.07 bits per heavy atom. The number of aromatic amines is 1. The van der Waals surface area contributed by atoms with Crippen LogP contribution in [0.4, 0.5) is 0 Å². The lowest BCUT2D eigenvalue weighted by atomic mass is 10.4. The van der Waals surface area contributed by atoms with Crippen LogP contribution in [0.2, 0.25) is 0 Å². The van der Waals surface area contributed by atoms with Crippen molar-refractivity contribution in [3.63, 3.8) is 0 Å². The third-order valence-electron chi connectivity index (χ3n) is 1.48. The highest BCUT2D eigenvalue weighted by Gasteiger charge is 2.02. The van der Waals surface area contributed by atoms with Gasteiger partial charge in [0.15, 0.2) is 10.3 Å². The molecule has 0 radical (unpaired) electrons. The van der Waals surface area contributed by atoms with Gasteiger partial charge in [0.1, 0.15) is 6.33 Å². The molecule has 0 aliphatic heterocycles. The van der Waals surface area contributed by atoms with Crippen LogP contribution >= 0.6 is 11.8 Å². The largest absolute Gasteiger partial charge is 0.325 e. The first kappa shape index (κ1) is 9.10. The molecule has 14 heavy (non-hydrogen) atoms. The standard InChI is InChI=1S/C7H8N6S/c8-3-5-1-2-9-6(12-5)14-7-10-4-11-13-7/h1-2,4H,3,8H2,(H,10,11,13). The molecule has 0 saturated carbocycles. The summed E-state index contributed by atoms with van der Waals surface area (Å²) in [4.78, 5) is 12.2. The number of nitrogens with one attached hydrogen (secondary N) is 1. The van der Waals surface area contributed by atoms with Crippen molar-refractivity contribution in [1.82, 2.24) is 25.1 Å². The molecule has 0 aliphatic rings. The fourth-order valence-electron chi connectivity index (χ4n) is 0.869. The summed E-state index contributed by atoms with van der Waals surface area (Å²) in [5.74, 6) is 0. The molecule has 0 aliphatic carbocycles. The van der Waals surface area contributed by atoms with Gasteiger partial charge in [0.05, 0.1) is 5.69 Å². The molecule has 0 unspecified atom stereocenters. The van der Waals surface area contributed by atoms with E-state index in [2.05, 4.69) is 25.1 Å². The second kappa shape index (κ2) is 4.16. The van der Waals surface area contributed by atoms with Crippen LogP contribution in [0, 0.1) is 0 Å². The average molecular weight is 208 g/mol. The van der Waals surface area contributed by atoms with Crippen LogP contribution in [0.1, 0.15) is 5.69 Å². The molecule has 2 heterocycles. The van der Waals surface area contributed by atoms with E-state index in [1.807, 2.05) is 0 Å². The fraction of sp³-hybridized carbons (Fsp3) is 0.143. The lowest BCUT2D eigenvalue weighted by molar-refractivity contribution is 0.867. The minimum absolute atomic E-state index is 0.409. The molecule has 7 heteroatoms. The summed E-state index contributed by atoms with van der Waals surface area (Å²) in [6.45, 7) is 0.409. The van der Waals surface area contributed by atoms with Gasteiger partial charge in [-0.05, 0) is 17.8 Å². The first-order chi connectivity index (χ1) is 6.88. The molecule has 0 spiro atoms. The fourth-order valence-corrected chi connectivity index (χ4v) is 1.52. The molecular weight excluding hydrogens is 200 g/mol. The predicted molar refractivity (Wildman–Crippen MR) is 50.4 cm³/mol. The second-order valence-corrected chi connectivity index (χ2v) is 3.38. The van der Waals surface area contributed by atoms with Gasteiger partial charge in [-0.15, -0.1) is 0 Å². The first-order valence-electron chi connectivity index (χ1n) is 3.93. The lowest BCUT2D eigenvalue weighted by Crippen LogP contribution is -2.00. The highest BCUT2D eigenvalue weighted by atomic mass is 32.2. The Hall–Kier alpha value is -1.47. The van der Waals surface area contributed by atoms with Crippen LogP contribution < -0.4 is 5.73 Å². The minimum atomic E-state index is 0.409. The van der Waals surface area contributed by atoms with E-state index in [9.17, 15) is 0 Å². The normalized spacial score (nSPS) is 10.4. The summed E-state index contributed by atoms with van der Waals surface area (Å²) < 4.78 is 0. The Labute approximate surface area is 84.4 Å². The zero-order valence-electron chi connectivity index (χ0n) is 7.21. The summed E-state index contributed by atoms with van der Waals surface area (Å²) in [6, 6.07) is 1.78. The van der Waals surface area contributed by atoms with Gasteiger partial charge in [-0.3, -0.25) is 5.10 Å². The van der Waals surface area contributed by atoms with Crippen molar-refractivity contribution >= 4 is 11.8 Å². The zero-order chi connectivity index (χ0) is 9.80. The first-order valence-corrected chi connectivity index (χ1v) is 4.75. The smallest absolute Gasteiger partial charge is 0.195 e. The van der Waals surface area contributed by atoms with Crippen molar-refractivity contribution in [2.75, 3.05) is 0 Å². The Kier molecular flexibility index (Phi) is 2.70. The summed E-state index contributed by atoms with van der Waals surface area (Å²) >= 11 is 1.32. The molecule has 2 rings (SSSR count). The van der Waals surface area contributed by atoms with E-state index in [1.165, 1.54) is 18.1 Å². The lowest BCUT2D eigenvalue weighted by Gasteiger charge is -1.98. The Morgan fingerprint density at radius 1 is 1.43 bits per heavy atom. The van der Waals surface area contributed by atoms with Gasteiger partial charge >= 0.3 is 0 Å². The van der Waals surface area contributed by atoms with E-state index < -0.39 is 0 Å². The van der Waals surface area contributed by atoms with Crippen molar-refractivity contribution in [3.8, 4) is 0 Å². The molecule has 0 fully saturated rings. The van der Waals surface area contributed by atoms with Crippen molar-refractivity contribution in [3.05, 3.63) is 24.3 Å². The van der Waals surface area contributed by atoms with Crippen LogP contribution in [-0.4, -0.2) is 25.1 Å². The topological polar surface area (TPSA) is 93.4 Å². The van der Waals surface area contributed by atoms with Crippen LogP contribution in [0.3, 0.4) is 0 Å². The highest BCUT2D eigenvalue weighted by molar-refractivity contribution is 7.99. The highest BCUT2D eigenvalue weighted by Crippen LogP contribution is 2.18. The SMILES string of the molecule is NCc1ccnc(Sc2ncn[nH]2)n1. The monoisotopic (exact) mass is 208 g/mol. The number of nitrogens with zero attached hydrogens (tertiary/aromatic N) is 4. The van der Waals surface area contributed by atoms with Crippen molar-refractivity contribution in [1.29, 1.82) is 0 Å². The number of rotatable bonds is 3. The van der Waals surface area contributed by atoms with E-state index in [1.54, 1.807) is 12.3 Å². The zero-order valence-corrected chi connectivity index (χ0v) is 8.03. The van der Waals surface area contributed by atoms with Crippen molar-refractivity contribution < 1.29 is 0 Å². The second-order valence-electron chi connectivity index (χ2n) is 2.43. The Balaban J connectivity index is 2.17. The van der Waals surface area contributed by atoms with Crippen LogP contribution in [-0.2, 0) is 6.54 Å². The van der Waals surface area contributed by atoms with Crippen LogP contribution in [0.15, 0.2) is 28.9 Å². The van der Waals surface area contributed by atoms with Crippen LogP contribution in [0.25, 0.3) is 0 Å². The maximum Gasteiger partial charge on any atom is 0.195 e. The summed E-state index contributed by atoms with van der Waals surface area (Å²) in [5, 5.41) is 7.72. The van der Waals surface area contributed by atoms with E-state index >= 15 is 0 Å². The molecule has 72 valence electrons. The average Bonchev–Trinajstić information content (AvgIpc) is 2.71. The minimum Gasteiger partial charge on any atom is -0.325 e. The third-order valence-corrected chi connectivity index (χ3v) is 2.25. The molecule has 0 bridgehead atoms. The summed E-state index contributed by atoms with van der Waals surface area (Å²) in [5.41, 5.74) is 6.26. The Morgan fingerprint density at radius 2 is 2.36 bits per heavy atom. The quantitative estimate of drug-likeness (QED) is 0.700. The predicted octanol–water partition coefficient (Wildman–Crippen LogP) is 0.205. The third kappa shape index (κ3) is 2.06. The van der Waals surface area contributed by atoms with E-state index in [-0.39, 0.29) is 0 Å².